The number of rotatable bonds is 4. The Morgan fingerprint density at radius 3 is 2.52 bits per heavy atom. The average Bonchev–Trinajstić information content (AvgIpc) is 2.54. The second kappa shape index (κ2) is 6.89. The van der Waals surface area contributed by atoms with Crippen molar-refractivity contribution >= 4 is 17.7 Å². The van der Waals surface area contributed by atoms with E-state index in [-0.39, 0.29) is 0 Å². The van der Waals surface area contributed by atoms with Crippen molar-refractivity contribution in [2.75, 3.05) is 5.73 Å². The van der Waals surface area contributed by atoms with Crippen LogP contribution in [0.15, 0.2) is 35.2 Å². The van der Waals surface area contributed by atoms with Gasteiger partial charge in [0.15, 0.2) is 0 Å². The Morgan fingerprint density at radius 1 is 1.00 bits per heavy atom. The van der Waals surface area contributed by atoms with E-state index in [1.165, 1.54) is 37.0 Å². The Bertz CT molecular complexity index is 582. The van der Waals surface area contributed by atoms with E-state index in [9.17, 15) is 0 Å². The van der Waals surface area contributed by atoms with Gasteiger partial charge < -0.3 is 5.73 Å². The molecule has 0 spiro atoms. The minimum absolute atomic E-state index is 0.356. The summed E-state index contributed by atoms with van der Waals surface area (Å²) >= 11 is 1.73. The van der Waals surface area contributed by atoms with Gasteiger partial charge in [0.1, 0.15) is 11.6 Å². The molecule has 0 saturated heterocycles. The van der Waals surface area contributed by atoms with Crippen LogP contribution in [-0.4, -0.2) is 15.0 Å². The van der Waals surface area contributed by atoms with Crippen molar-refractivity contribution in [2.45, 2.75) is 48.7 Å². The van der Waals surface area contributed by atoms with Gasteiger partial charge in [0.25, 0.3) is 0 Å². The predicted molar refractivity (Wildman–Crippen MR) is 86.1 cm³/mol. The summed E-state index contributed by atoms with van der Waals surface area (Å²) in [5.74, 6) is 3.23. The SMILES string of the molecule is Nc1nc(CSc2ccccc2)nc(C2CCCCC2)n1. The van der Waals surface area contributed by atoms with E-state index in [4.69, 9.17) is 5.73 Å². The topological polar surface area (TPSA) is 64.7 Å². The predicted octanol–water partition coefficient (Wildman–Crippen LogP) is 3.79. The van der Waals surface area contributed by atoms with Crippen LogP contribution in [-0.2, 0) is 5.75 Å². The van der Waals surface area contributed by atoms with Gasteiger partial charge in [0.05, 0.1) is 5.75 Å². The van der Waals surface area contributed by atoms with Gasteiger partial charge in [-0.3, -0.25) is 0 Å². The molecular formula is C16H20N4S. The maximum atomic E-state index is 5.86. The highest BCUT2D eigenvalue weighted by molar-refractivity contribution is 7.98. The molecule has 2 N–H and O–H groups in total. The molecular weight excluding hydrogens is 280 g/mol. The fourth-order valence-electron chi connectivity index (χ4n) is 2.73. The fourth-order valence-corrected chi connectivity index (χ4v) is 3.50. The lowest BCUT2D eigenvalue weighted by molar-refractivity contribution is 0.427. The number of nitrogens with two attached hydrogens (primary N) is 1. The molecule has 0 unspecified atom stereocenters. The summed E-state index contributed by atoms with van der Waals surface area (Å²) in [7, 11) is 0. The summed E-state index contributed by atoms with van der Waals surface area (Å²) in [4.78, 5) is 14.5. The third kappa shape index (κ3) is 3.94. The number of hydrogen-bond acceptors (Lipinski definition) is 5. The van der Waals surface area contributed by atoms with Gasteiger partial charge in [-0.25, -0.2) is 4.98 Å². The van der Waals surface area contributed by atoms with Gasteiger partial charge in [0, 0.05) is 10.8 Å². The first-order chi connectivity index (χ1) is 10.3. The highest BCUT2D eigenvalue weighted by Gasteiger charge is 2.19. The van der Waals surface area contributed by atoms with Crippen LogP contribution in [0.4, 0.5) is 5.95 Å². The number of aromatic nitrogens is 3. The van der Waals surface area contributed by atoms with Gasteiger partial charge in [0.2, 0.25) is 5.95 Å². The third-order valence-corrected chi connectivity index (χ3v) is 4.81. The summed E-state index contributed by atoms with van der Waals surface area (Å²) in [5.41, 5.74) is 5.86. The van der Waals surface area contributed by atoms with Crippen molar-refractivity contribution < 1.29 is 0 Å². The molecule has 1 saturated carbocycles. The maximum absolute atomic E-state index is 5.86. The van der Waals surface area contributed by atoms with E-state index in [1.807, 2.05) is 18.2 Å². The highest BCUT2D eigenvalue weighted by Crippen LogP contribution is 2.31. The number of benzene rings is 1. The van der Waals surface area contributed by atoms with Crippen LogP contribution in [0.1, 0.15) is 49.7 Å². The summed E-state index contributed by atoms with van der Waals surface area (Å²) < 4.78 is 0. The van der Waals surface area contributed by atoms with E-state index in [0.29, 0.717) is 11.9 Å². The molecule has 1 aliphatic rings. The average molecular weight is 300 g/mol. The van der Waals surface area contributed by atoms with Crippen LogP contribution in [0.3, 0.4) is 0 Å². The van der Waals surface area contributed by atoms with Crippen LogP contribution < -0.4 is 5.73 Å². The Kier molecular flexibility index (Phi) is 4.70. The van der Waals surface area contributed by atoms with E-state index in [0.717, 1.165) is 17.4 Å². The molecule has 3 rings (SSSR count). The summed E-state index contributed by atoms with van der Waals surface area (Å²) in [5, 5.41) is 0. The zero-order valence-corrected chi connectivity index (χ0v) is 12.9. The molecule has 0 amide bonds. The molecule has 2 aromatic rings. The van der Waals surface area contributed by atoms with E-state index >= 15 is 0 Å². The van der Waals surface area contributed by atoms with Crippen molar-refractivity contribution in [1.82, 2.24) is 15.0 Å². The van der Waals surface area contributed by atoms with E-state index < -0.39 is 0 Å². The van der Waals surface area contributed by atoms with Crippen molar-refractivity contribution in [3.05, 3.63) is 42.0 Å². The molecule has 5 heteroatoms. The molecule has 0 bridgehead atoms. The van der Waals surface area contributed by atoms with Crippen LogP contribution >= 0.6 is 11.8 Å². The zero-order valence-electron chi connectivity index (χ0n) is 12.0. The van der Waals surface area contributed by atoms with Crippen molar-refractivity contribution in [2.24, 2.45) is 0 Å². The Balaban J connectivity index is 1.71. The number of anilines is 1. The van der Waals surface area contributed by atoms with Gasteiger partial charge in [-0.15, -0.1) is 11.8 Å². The molecule has 1 aromatic heterocycles. The monoisotopic (exact) mass is 300 g/mol. The first-order valence-electron chi connectivity index (χ1n) is 7.49. The standard InChI is InChI=1S/C16H20N4S/c17-16-19-14(11-21-13-9-5-2-6-10-13)18-15(20-16)12-7-3-1-4-8-12/h2,5-6,9-10,12H,1,3-4,7-8,11H2,(H2,17,18,19,20). The number of hydrogen-bond donors (Lipinski definition) is 1. The first kappa shape index (κ1) is 14.3. The zero-order chi connectivity index (χ0) is 14.5. The second-order valence-corrected chi connectivity index (χ2v) is 6.45. The van der Waals surface area contributed by atoms with Crippen molar-refractivity contribution in [3.8, 4) is 0 Å². The molecule has 1 aliphatic carbocycles. The van der Waals surface area contributed by atoms with Crippen LogP contribution in [0, 0.1) is 0 Å². The lowest BCUT2D eigenvalue weighted by atomic mass is 9.89. The lowest BCUT2D eigenvalue weighted by Gasteiger charge is -2.20. The third-order valence-electron chi connectivity index (χ3n) is 3.80. The normalized spacial score (nSPS) is 16.0. The molecule has 1 aromatic carbocycles. The Labute approximate surface area is 129 Å². The largest absolute Gasteiger partial charge is 0.368 e. The fraction of sp³-hybridized carbons (Fsp3) is 0.438. The Hall–Kier alpha value is -1.62. The van der Waals surface area contributed by atoms with Gasteiger partial charge in [-0.2, -0.15) is 9.97 Å². The summed E-state index contributed by atoms with van der Waals surface area (Å²) in [6, 6.07) is 10.3. The molecule has 4 nitrogen and oxygen atoms in total. The molecule has 0 aliphatic heterocycles. The van der Waals surface area contributed by atoms with E-state index in [2.05, 4.69) is 27.1 Å². The van der Waals surface area contributed by atoms with Gasteiger partial charge in [-0.1, -0.05) is 37.5 Å². The highest BCUT2D eigenvalue weighted by atomic mass is 32.2. The second-order valence-electron chi connectivity index (χ2n) is 5.40. The first-order valence-corrected chi connectivity index (χ1v) is 8.48. The molecule has 1 fully saturated rings. The van der Waals surface area contributed by atoms with Crippen LogP contribution in [0.25, 0.3) is 0 Å². The minimum Gasteiger partial charge on any atom is -0.368 e. The number of nitrogens with zero attached hydrogens (tertiary/aromatic N) is 3. The minimum atomic E-state index is 0.356. The molecule has 0 radical (unpaired) electrons. The number of nitrogen functional groups attached to an aromatic ring is 1. The molecule has 110 valence electrons. The van der Waals surface area contributed by atoms with Gasteiger partial charge >= 0.3 is 0 Å². The Morgan fingerprint density at radius 2 is 1.76 bits per heavy atom. The maximum Gasteiger partial charge on any atom is 0.223 e. The summed E-state index contributed by atoms with van der Waals surface area (Å²) in [6.45, 7) is 0. The van der Waals surface area contributed by atoms with Crippen LogP contribution in [0.2, 0.25) is 0 Å². The van der Waals surface area contributed by atoms with Gasteiger partial charge in [-0.05, 0) is 25.0 Å². The molecule has 21 heavy (non-hydrogen) atoms. The quantitative estimate of drug-likeness (QED) is 0.870. The van der Waals surface area contributed by atoms with Crippen molar-refractivity contribution in [1.29, 1.82) is 0 Å². The van der Waals surface area contributed by atoms with Crippen LogP contribution in [0.5, 0.6) is 0 Å². The molecule has 1 heterocycles. The summed E-state index contributed by atoms with van der Waals surface area (Å²) in [6.07, 6.45) is 6.21. The lowest BCUT2D eigenvalue weighted by Crippen LogP contribution is -2.13. The van der Waals surface area contributed by atoms with Crippen molar-refractivity contribution in [3.63, 3.8) is 0 Å². The van der Waals surface area contributed by atoms with E-state index in [1.54, 1.807) is 11.8 Å². The number of thioether (sulfide) groups is 1. The molecule has 0 atom stereocenters. The smallest absolute Gasteiger partial charge is 0.223 e.